The summed E-state index contributed by atoms with van der Waals surface area (Å²) in [5.74, 6) is 2.62. The molecule has 0 saturated carbocycles. The Morgan fingerprint density at radius 2 is 1.90 bits per heavy atom. The maximum absolute atomic E-state index is 3.85. The van der Waals surface area contributed by atoms with Gasteiger partial charge in [0.05, 0.1) is 4.58 Å². The first kappa shape index (κ1) is 8.54. The predicted octanol–water partition coefficient (Wildman–Crippen LogP) is 3.00. The molecule has 1 fully saturated rings. The molecule has 0 aliphatic carbocycles. The first-order valence-corrected chi connectivity index (χ1v) is 5.63. The highest BCUT2D eigenvalue weighted by Gasteiger charge is 2.30. The van der Waals surface area contributed by atoms with E-state index >= 15 is 0 Å². The minimum atomic E-state index is 0.311. The fourth-order valence-electron chi connectivity index (χ4n) is 0.884. The Bertz CT molecular complexity index is 123. The van der Waals surface area contributed by atoms with Crippen molar-refractivity contribution in [3.63, 3.8) is 0 Å². The van der Waals surface area contributed by atoms with E-state index in [1.54, 1.807) is 0 Å². The van der Waals surface area contributed by atoms with E-state index in [9.17, 15) is 0 Å². The molecule has 0 bridgehead atoms. The minimum Gasteiger partial charge on any atom is -0.146 e. The normalized spacial score (nSPS) is 21.4. The highest BCUT2D eigenvalue weighted by molar-refractivity contribution is 8.20. The lowest BCUT2D eigenvalue weighted by Gasteiger charge is -2.25. The van der Waals surface area contributed by atoms with Gasteiger partial charge in [-0.3, -0.25) is 0 Å². The molecule has 0 aromatic rings. The smallest absolute Gasteiger partial charge is 0.0588 e. The lowest BCUT2D eigenvalue weighted by Crippen LogP contribution is -2.18. The minimum absolute atomic E-state index is 0.311. The van der Waals surface area contributed by atoms with Gasteiger partial charge in [-0.1, -0.05) is 19.9 Å². The Morgan fingerprint density at radius 3 is 2.30 bits per heavy atom. The standard InChI is InChI=1S/C8H14S2/c1-4-8(2,3)7-9-5-6-10-7/h4,7H,1,5-6H2,2-3H3. The maximum Gasteiger partial charge on any atom is 0.0588 e. The molecule has 1 saturated heterocycles. The summed E-state index contributed by atoms with van der Waals surface area (Å²) in [6.07, 6.45) is 2.07. The lowest BCUT2D eigenvalue weighted by atomic mass is 9.97. The maximum atomic E-state index is 3.85. The molecule has 0 radical (unpaired) electrons. The van der Waals surface area contributed by atoms with Gasteiger partial charge in [0.2, 0.25) is 0 Å². The van der Waals surface area contributed by atoms with Gasteiger partial charge in [-0.15, -0.1) is 30.1 Å². The molecule has 0 atom stereocenters. The molecule has 2 heteroatoms. The van der Waals surface area contributed by atoms with E-state index in [1.807, 2.05) is 0 Å². The third kappa shape index (κ3) is 1.73. The Labute approximate surface area is 71.8 Å². The number of rotatable bonds is 2. The van der Waals surface area contributed by atoms with Crippen LogP contribution in [-0.4, -0.2) is 16.1 Å². The number of thioether (sulfide) groups is 2. The molecule has 0 amide bonds. The van der Waals surface area contributed by atoms with Crippen molar-refractivity contribution < 1.29 is 0 Å². The molecule has 10 heavy (non-hydrogen) atoms. The SMILES string of the molecule is C=CC(C)(C)C1SCCS1. The molecule has 58 valence electrons. The van der Waals surface area contributed by atoms with Crippen molar-refractivity contribution >= 4 is 23.5 Å². The molecule has 0 nitrogen and oxygen atoms in total. The van der Waals surface area contributed by atoms with E-state index in [-0.39, 0.29) is 0 Å². The predicted molar refractivity (Wildman–Crippen MR) is 52.7 cm³/mol. The number of allylic oxidation sites excluding steroid dienone is 1. The van der Waals surface area contributed by atoms with Crippen molar-refractivity contribution in [2.24, 2.45) is 5.41 Å². The van der Waals surface area contributed by atoms with Crippen molar-refractivity contribution in [3.8, 4) is 0 Å². The van der Waals surface area contributed by atoms with Crippen LogP contribution in [0, 0.1) is 5.41 Å². The van der Waals surface area contributed by atoms with E-state index in [0.29, 0.717) is 5.41 Å². The van der Waals surface area contributed by atoms with Gasteiger partial charge in [-0.25, -0.2) is 0 Å². The van der Waals surface area contributed by atoms with Crippen LogP contribution >= 0.6 is 23.5 Å². The van der Waals surface area contributed by atoms with E-state index in [2.05, 4.69) is 50.0 Å². The van der Waals surface area contributed by atoms with Crippen molar-refractivity contribution in [2.75, 3.05) is 11.5 Å². The first-order chi connectivity index (χ1) is 4.67. The fraction of sp³-hybridized carbons (Fsp3) is 0.750. The van der Waals surface area contributed by atoms with Gasteiger partial charge in [0.15, 0.2) is 0 Å². The Morgan fingerprint density at radius 1 is 1.40 bits per heavy atom. The zero-order valence-corrected chi connectivity index (χ0v) is 8.23. The monoisotopic (exact) mass is 174 g/mol. The van der Waals surface area contributed by atoms with Gasteiger partial charge < -0.3 is 0 Å². The zero-order valence-electron chi connectivity index (χ0n) is 6.59. The van der Waals surface area contributed by atoms with E-state index in [4.69, 9.17) is 0 Å². The van der Waals surface area contributed by atoms with Crippen molar-refractivity contribution in [1.82, 2.24) is 0 Å². The molecule has 0 unspecified atom stereocenters. The average molecular weight is 174 g/mol. The molecule has 0 N–H and O–H groups in total. The van der Waals surface area contributed by atoms with Gasteiger partial charge in [0.1, 0.15) is 0 Å². The summed E-state index contributed by atoms with van der Waals surface area (Å²) in [5.41, 5.74) is 0.311. The van der Waals surface area contributed by atoms with Crippen molar-refractivity contribution in [2.45, 2.75) is 18.4 Å². The second-order valence-electron chi connectivity index (χ2n) is 3.10. The highest BCUT2D eigenvalue weighted by atomic mass is 32.2. The van der Waals surface area contributed by atoms with E-state index in [0.717, 1.165) is 4.58 Å². The first-order valence-electron chi connectivity index (χ1n) is 3.53. The van der Waals surface area contributed by atoms with Crippen LogP contribution in [-0.2, 0) is 0 Å². The summed E-state index contributed by atoms with van der Waals surface area (Å²) < 4.78 is 0.741. The third-order valence-corrected chi connectivity index (χ3v) is 5.53. The van der Waals surface area contributed by atoms with Crippen LogP contribution in [0.25, 0.3) is 0 Å². The molecule has 1 heterocycles. The quantitative estimate of drug-likeness (QED) is 0.590. The van der Waals surface area contributed by atoms with Crippen LogP contribution in [0.15, 0.2) is 12.7 Å². The van der Waals surface area contributed by atoms with Gasteiger partial charge in [-0.05, 0) is 0 Å². The van der Waals surface area contributed by atoms with E-state index < -0.39 is 0 Å². The van der Waals surface area contributed by atoms with Gasteiger partial charge in [0.25, 0.3) is 0 Å². The molecular formula is C8H14S2. The highest BCUT2D eigenvalue weighted by Crippen LogP contribution is 2.44. The van der Waals surface area contributed by atoms with Crippen LogP contribution in [0.3, 0.4) is 0 Å². The van der Waals surface area contributed by atoms with Gasteiger partial charge in [-0.2, -0.15) is 0 Å². The molecular weight excluding hydrogens is 160 g/mol. The van der Waals surface area contributed by atoms with Crippen LogP contribution in [0.5, 0.6) is 0 Å². The summed E-state index contributed by atoms with van der Waals surface area (Å²) in [7, 11) is 0. The topological polar surface area (TPSA) is 0 Å². The molecule has 1 aliphatic rings. The van der Waals surface area contributed by atoms with Crippen molar-refractivity contribution in [1.29, 1.82) is 0 Å². The third-order valence-electron chi connectivity index (χ3n) is 1.76. The average Bonchev–Trinajstić information content (AvgIpc) is 2.38. The molecule has 0 spiro atoms. The van der Waals surface area contributed by atoms with Gasteiger partial charge >= 0.3 is 0 Å². The van der Waals surface area contributed by atoms with E-state index in [1.165, 1.54) is 11.5 Å². The summed E-state index contributed by atoms with van der Waals surface area (Å²) in [6, 6.07) is 0. The summed E-state index contributed by atoms with van der Waals surface area (Å²) in [5, 5.41) is 0. The zero-order chi connectivity index (χ0) is 7.61. The molecule has 0 aromatic heterocycles. The lowest BCUT2D eigenvalue weighted by molar-refractivity contribution is 0.536. The second kappa shape index (κ2) is 3.22. The van der Waals surface area contributed by atoms with Crippen LogP contribution in [0.4, 0.5) is 0 Å². The summed E-state index contributed by atoms with van der Waals surface area (Å²) in [4.78, 5) is 0. The second-order valence-corrected chi connectivity index (χ2v) is 5.82. The van der Waals surface area contributed by atoms with Crippen molar-refractivity contribution in [3.05, 3.63) is 12.7 Å². The van der Waals surface area contributed by atoms with Crippen LogP contribution < -0.4 is 0 Å². The Hall–Kier alpha value is 0.440. The molecule has 1 rings (SSSR count). The largest absolute Gasteiger partial charge is 0.146 e. The molecule has 0 aromatic carbocycles. The van der Waals surface area contributed by atoms with Crippen LogP contribution in [0.2, 0.25) is 0 Å². The van der Waals surface area contributed by atoms with Crippen LogP contribution in [0.1, 0.15) is 13.8 Å². The Balaban J connectivity index is 2.53. The number of hydrogen-bond acceptors (Lipinski definition) is 2. The number of hydrogen-bond donors (Lipinski definition) is 0. The fourth-order valence-corrected chi connectivity index (χ4v) is 4.10. The summed E-state index contributed by atoms with van der Waals surface area (Å²) in [6.45, 7) is 8.37. The Kier molecular flexibility index (Phi) is 2.75. The summed E-state index contributed by atoms with van der Waals surface area (Å²) >= 11 is 4.13. The molecule has 1 aliphatic heterocycles. The van der Waals surface area contributed by atoms with Gasteiger partial charge in [0, 0.05) is 16.9 Å².